The zero-order chi connectivity index (χ0) is 19.6. The molecule has 0 saturated carbocycles. The van der Waals surface area contributed by atoms with Crippen LogP contribution in [0.3, 0.4) is 0 Å². The molecule has 2 aromatic rings. The predicted octanol–water partition coefficient (Wildman–Crippen LogP) is 4.58. The lowest BCUT2D eigenvalue weighted by Crippen LogP contribution is -2.40. The predicted molar refractivity (Wildman–Crippen MR) is 117 cm³/mol. The Hall–Kier alpha value is -2.05. The summed E-state index contributed by atoms with van der Waals surface area (Å²) in [6, 6.07) is 12.1. The molecule has 0 unspecified atom stereocenters. The Kier molecular flexibility index (Phi) is 8.61. The quantitative estimate of drug-likeness (QED) is 0.647. The highest BCUT2D eigenvalue weighted by atomic mass is 32.1. The summed E-state index contributed by atoms with van der Waals surface area (Å²) >= 11 is 1.69. The number of amides is 2. The van der Waals surface area contributed by atoms with E-state index in [1.807, 2.05) is 36.2 Å². The molecule has 0 bridgehead atoms. The van der Waals surface area contributed by atoms with Crippen LogP contribution in [0.25, 0.3) is 0 Å². The summed E-state index contributed by atoms with van der Waals surface area (Å²) in [5, 5.41) is 5.14. The fraction of sp³-hybridized carbons (Fsp3) is 0.476. The first-order valence-corrected chi connectivity index (χ1v) is 10.6. The number of likely N-dealkylation sites (N-methyl/N-ethyl adjacent to an activating group) is 1. The topological polar surface area (TPSA) is 38.8 Å². The van der Waals surface area contributed by atoms with Crippen molar-refractivity contribution in [2.75, 3.05) is 50.0 Å². The van der Waals surface area contributed by atoms with Crippen LogP contribution in [0.2, 0.25) is 0 Å². The van der Waals surface area contributed by atoms with Crippen LogP contribution in [0.5, 0.6) is 0 Å². The third-order valence-electron chi connectivity index (χ3n) is 4.81. The molecule has 2 rings (SSSR count). The first kappa shape index (κ1) is 21.3. The Morgan fingerprint density at radius 3 is 2.44 bits per heavy atom. The molecule has 0 atom stereocenters. The van der Waals surface area contributed by atoms with Crippen molar-refractivity contribution in [3.63, 3.8) is 0 Å². The second-order valence-corrected chi connectivity index (χ2v) is 7.55. The SMILES string of the molecule is CCN(CC)CCN(Cc1cccs1)C(=O)Nc1cccc(N(C)CC)c1. The molecule has 0 saturated heterocycles. The van der Waals surface area contributed by atoms with E-state index < -0.39 is 0 Å². The third-order valence-corrected chi connectivity index (χ3v) is 5.67. The summed E-state index contributed by atoms with van der Waals surface area (Å²) in [5.41, 5.74) is 1.93. The van der Waals surface area contributed by atoms with E-state index in [0.717, 1.165) is 37.6 Å². The minimum atomic E-state index is -0.0492. The van der Waals surface area contributed by atoms with Crippen molar-refractivity contribution in [2.45, 2.75) is 27.3 Å². The molecule has 0 fully saturated rings. The molecule has 1 aromatic heterocycles. The monoisotopic (exact) mass is 388 g/mol. The zero-order valence-electron chi connectivity index (χ0n) is 16.9. The average molecular weight is 389 g/mol. The van der Waals surface area contributed by atoms with Crippen LogP contribution < -0.4 is 10.2 Å². The second kappa shape index (κ2) is 10.9. The lowest BCUT2D eigenvalue weighted by atomic mass is 10.2. The van der Waals surface area contributed by atoms with E-state index >= 15 is 0 Å². The fourth-order valence-electron chi connectivity index (χ4n) is 2.85. The van der Waals surface area contributed by atoms with Crippen molar-refractivity contribution < 1.29 is 4.79 Å². The summed E-state index contributed by atoms with van der Waals surface area (Å²) in [6.07, 6.45) is 0. The standard InChI is InChI=1S/C21H32N4OS/c1-5-23(4)19-11-8-10-18(16-19)22-21(26)25(14-13-24(6-2)7-3)17-20-12-9-15-27-20/h8-12,15-16H,5-7,13-14,17H2,1-4H3,(H,22,26). The van der Waals surface area contributed by atoms with Crippen LogP contribution in [0.4, 0.5) is 16.2 Å². The van der Waals surface area contributed by atoms with Crippen LogP contribution >= 0.6 is 11.3 Å². The molecule has 148 valence electrons. The largest absolute Gasteiger partial charge is 0.375 e. The van der Waals surface area contributed by atoms with E-state index in [1.165, 1.54) is 4.88 Å². The van der Waals surface area contributed by atoms with Gasteiger partial charge in [-0.05, 0) is 49.7 Å². The molecule has 2 amide bonds. The Labute approximate surface area is 167 Å². The number of carbonyl (C=O) groups is 1. The van der Waals surface area contributed by atoms with Crippen molar-refractivity contribution in [1.82, 2.24) is 9.80 Å². The molecule has 6 heteroatoms. The summed E-state index contributed by atoms with van der Waals surface area (Å²) in [5.74, 6) is 0. The number of thiophene rings is 1. The third kappa shape index (κ3) is 6.56. The van der Waals surface area contributed by atoms with Gasteiger partial charge >= 0.3 is 6.03 Å². The molecule has 1 N–H and O–H groups in total. The van der Waals surface area contributed by atoms with Gasteiger partial charge in [0.25, 0.3) is 0 Å². The molecular weight excluding hydrogens is 356 g/mol. The molecule has 1 heterocycles. The van der Waals surface area contributed by atoms with Gasteiger partial charge in [0, 0.05) is 42.9 Å². The molecule has 0 radical (unpaired) electrons. The Morgan fingerprint density at radius 1 is 1.04 bits per heavy atom. The average Bonchev–Trinajstić information content (AvgIpc) is 3.20. The molecule has 0 aliphatic carbocycles. The molecule has 27 heavy (non-hydrogen) atoms. The lowest BCUT2D eigenvalue weighted by molar-refractivity contribution is 0.195. The highest BCUT2D eigenvalue weighted by molar-refractivity contribution is 7.09. The van der Waals surface area contributed by atoms with Gasteiger partial charge in [-0.15, -0.1) is 11.3 Å². The van der Waals surface area contributed by atoms with Gasteiger partial charge in [-0.2, -0.15) is 0 Å². The van der Waals surface area contributed by atoms with Crippen LogP contribution in [0.1, 0.15) is 25.6 Å². The normalized spacial score (nSPS) is 10.9. The molecule has 1 aromatic carbocycles. The number of rotatable bonds is 10. The molecular formula is C21H32N4OS. The summed E-state index contributed by atoms with van der Waals surface area (Å²) in [4.78, 5) is 20.6. The van der Waals surface area contributed by atoms with Crippen molar-refractivity contribution >= 4 is 28.7 Å². The number of benzene rings is 1. The first-order chi connectivity index (χ1) is 13.1. The Bertz CT molecular complexity index is 685. The maximum Gasteiger partial charge on any atom is 0.322 e. The second-order valence-electron chi connectivity index (χ2n) is 6.52. The van der Waals surface area contributed by atoms with Crippen LogP contribution in [0, 0.1) is 0 Å². The number of hydrogen-bond acceptors (Lipinski definition) is 4. The fourth-order valence-corrected chi connectivity index (χ4v) is 3.57. The van der Waals surface area contributed by atoms with Crippen LogP contribution in [0.15, 0.2) is 41.8 Å². The zero-order valence-corrected chi connectivity index (χ0v) is 17.8. The number of urea groups is 1. The number of anilines is 2. The van der Waals surface area contributed by atoms with E-state index in [1.54, 1.807) is 11.3 Å². The van der Waals surface area contributed by atoms with Crippen molar-refractivity contribution in [2.24, 2.45) is 0 Å². The summed E-state index contributed by atoms with van der Waals surface area (Å²) in [7, 11) is 2.05. The van der Waals surface area contributed by atoms with Gasteiger partial charge < -0.3 is 20.0 Å². The molecule has 0 aliphatic rings. The number of nitrogens with zero attached hydrogens (tertiary/aromatic N) is 3. The van der Waals surface area contributed by atoms with E-state index in [2.05, 4.69) is 53.4 Å². The summed E-state index contributed by atoms with van der Waals surface area (Å²) < 4.78 is 0. The van der Waals surface area contributed by atoms with E-state index in [-0.39, 0.29) is 6.03 Å². The Balaban J connectivity index is 2.08. The highest BCUT2D eigenvalue weighted by Crippen LogP contribution is 2.19. The van der Waals surface area contributed by atoms with Crippen molar-refractivity contribution in [3.8, 4) is 0 Å². The molecule has 5 nitrogen and oxygen atoms in total. The maximum atomic E-state index is 13.0. The van der Waals surface area contributed by atoms with Gasteiger partial charge in [0.05, 0.1) is 6.54 Å². The van der Waals surface area contributed by atoms with Gasteiger partial charge in [-0.1, -0.05) is 26.0 Å². The van der Waals surface area contributed by atoms with Crippen molar-refractivity contribution in [1.29, 1.82) is 0 Å². The Morgan fingerprint density at radius 2 is 1.81 bits per heavy atom. The number of nitrogens with one attached hydrogen (secondary N) is 1. The summed E-state index contributed by atoms with van der Waals surface area (Å²) in [6.45, 7) is 11.6. The van der Waals surface area contributed by atoms with Crippen LogP contribution in [-0.4, -0.2) is 55.6 Å². The van der Waals surface area contributed by atoms with E-state index in [4.69, 9.17) is 0 Å². The van der Waals surface area contributed by atoms with E-state index in [9.17, 15) is 4.79 Å². The molecule has 0 spiro atoms. The maximum absolute atomic E-state index is 13.0. The smallest absolute Gasteiger partial charge is 0.322 e. The van der Waals surface area contributed by atoms with Gasteiger partial charge in [0.1, 0.15) is 0 Å². The molecule has 0 aliphatic heterocycles. The highest BCUT2D eigenvalue weighted by Gasteiger charge is 2.16. The lowest BCUT2D eigenvalue weighted by Gasteiger charge is -2.26. The number of carbonyl (C=O) groups excluding carboxylic acids is 1. The van der Waals surface area contributed by atoms with Gasteiger partial charge in [-0.3, -0.25) is 0 Å². The van der Waals surface area contributed by atoms with Gasteiger partial charge in [0.15, 0.2) is 0 Å². The van der Waals surface area contributed by atoms with Crippen LogP contribution in [-0.2, 0) is 6.54 Å². The van der Waals surface area contributed by atoms with Crippen molar-refractivity contribution in [3.05, 3.63) is 46.7 Å². The van der Waals surface area contributed by atoms with Gasteiger partial charge in [0.2, 0.25) is 0 Å². The number of hydrogen-bond donors (Lipinski definition) is 1. The minimum Gasteiger partial charge on any atom is -0.375 e. The van der Waals surface area contributed by atoms with E-state index in [0.29, 0.717) is 13.1 Å². The minimum absolute atomic E-state index is 0.0492. The van der Waals surface area contributed by atoms with Gasteiger partial charge in [-0.25, -0.2) is 4.79 Å². The first-order valence-electron chi connectivity index (χ1n) is 9.69.